The van der Waals surface area contributed by atoms with Crippen molar-refractivity contribution in [2.24, 2.45) is 0 Å². The predicted octanol–water partition coefficient (Wildman–Crippen LogP) is 2.14. The highest BCUT2D eigenvalue weighted by Crippen LogP contribution is 2.29. The molecular weight excluding hydrogens is 212 g/mol. The maximum atomic E-state index is 9.20. The zero-order valence-corrected chi connectivity index (χ0v) is 9.79. The van der Waals surface area contributed by atoms with Crippen molar-refractivity contribution >= 4 is 11.8 Å². The molecule has 84 valence electrons. The van der Waals surface area contributed by atoms with E-state index in [1.165, 1.54) is 7.11 Å². The lowest BCUT2D eigenvalue weighted by Crippen LogP contribution is -2.09. The first-order valence-corrected chi connectivity index (χ1v) is 5.73. The van der Waals surface area contributed by atoms with Crippen molar-refractivity contribution < 1.29 is 14.6 Å². The zero-order valence-electron chi connectivity index (χ0n) is 8.97. The smallest absolute Gasteiger partial charge is 0.154 e. The van der Waals surface area contributed by atoms with Crippen LogP contribution >= 0.6 is 11.8 Å². The van der Waals surface area contributed by atoms with Gasteiger partial charge in [0.25, 0.3) is 0 Å². The fourth-order valence-corrected chi connectivity index (χ4v) is 2.13. The van der Waals surface area contributed by atoms with E-state index in [0.29, 0.717) is 6.42 Å². The number of rotatable bonds is 6. The molecule has 1 N–H and O–H groups in total. The van der Waals surface area contributed by atoms with Gasteiger partial charge in [-0.25, -0.2) is 0 Å². The van der Waals surface area contributed by atoms with Crippen LogP contribution in [0.5, 0.6) is 5.75 Å². The lowest BCUT2D eigenvalue weighted by molar-refractivity contribution is -0.0740. The number of para-hydroxylation sites is 1. The molecule has 0 heterocycles. The van der Waals surface area contributed by atoms with Gasteiger partial charge >= 0.3 is 0 Å². The second-order valence-electron chi connectivity index (χ2n) is 2.98. The molecule has 4 heteroatoms. The third-order valence-electron chi connectivity index (χ3n) is 1.96. The van der Waals surface area contributed by atoms with Crippen molar-refractivity contribution in [3.05, 3.63) is 24.3 Å². The monoisotopic (exact) mass is 228 g/mol. The molecular formula is C11H16O3S. The molecule has 0 aliphatic heterocycles. The Kier molecular flexibility index (Phi) is 5.53. The molecule has 1 aromatic carbocycles. The molecule has 1 rings (SSSR count). The van der Waals surface area contributed by atoms with Crippen LogP contribution in [0.15, 0.2) is 29.2 Å². The van der Waals surface area contributed by atoms with E-state index in [1.54, 1.807) is 18.9 Å². The Labute approximate surface area is 94.4 Å². The highest BCUT2D eigenvalue weighted by Gasteiger charge is 2.04. The molecule has 0 radical (unpaired) electrons. The lowest BCUT2D eigenvalue weighted by Gasteiger charge is -2.09. The van der Waals surface area contributed by atoms with Gasteiger partial charge in [0.2, 0.25) is 0 Å². The summed E-state index contributed by atoms with van der Waals surface area (Å²) in [6.07, 6.45) is -0.0635. The summed E-state index contributed by atoms with van der Waals surface area (Å²) in [4.78, 5) is 1.09. The van der Waals surface area contributed by atoms with Crippen molar-refractivity contribution in [1.29, 1.82) is 0 Å². The first-order valence-electron chi connectivity index (χ1n) is 4.74. The van der Waals surface area contributed by atoms with E-state index in [-0.39, 0.29) is 0 Å². The minimum atomic E-state index is -0.674. The van der Waals surface area contributed by atoms with Gasteiger partial charge in [0.15, 0.2) is 6.29 Å². The average Bonchev–Trinajstić information content (AvgIpc) is 2.29. The first-order chi connectivity index (χ1) is 7.27. The standard InChI is InChI=1S/C11H16O3S/c1-13-9-5-3-4-6-10(9)15-8-7-11(12)14-2/h3-6,11-12H,7-8H2,1-2H3/t11-/m0/s1. The zero-order chi connectivity index (χ0) is 11.1. The van der Waals surface area contributed by atoms with Crippen LogP contribution in [-0.4, -0.2) is 31.4 Å². The number of ether oxygens (including phenoxy) is 2. The maximum absolute atomic E-state index is 9.20. The third kappa shape index (κ3) is 4.11. The normalized spacial score (nSPS) is 12.5. The topological polar surface area (TPSA) is 38.7 Å². The minimum absolute atomic E-state index is 0.610. The molecule has 0 spiro atoms. The molecule has 1 aromatic rings. The maximum Gasteiger partial charge on any atom is 0.154 e. The van der Waals surface area contributed by atoms with Gasteiger partial charge in [-0.05, 0) is 12.1 Å². The second-order valence-corrected chi connectivity index (χ2v) is 4.12. The van der Waals surface area contributed by atoms with Gasteiger partial charge in [0, 0.05) is 24.2 Å². The van der Waals surface area contributed by atoms with Gasteiger partial charge in [0.1, 0.15) is 5.75 Å². The molecule has 0 amide bonds. The van der Waals surface area contributed by atoms with Crippen LogP contribution < -0.4 is 4.74 Å². The summed E-state index contributed by atoms with van der Waals surface area (Å²) in [5, 5.41) is 9.20. The van der Waals surface area contributed by atoms with E-state index in [2.05, 4.69) is 0 Å². The molecule has 0 aromatic heterocycles. The molecule has 0 bridgehead atoms. The summed E-state index contributed by atoms with van der Waals surface area (Å²) >= 11 is 1.65. The molecule has 3 nitrogen and oxygen atoms in total. The van der Waals surface area contributed by atoms with Crippen LogP contribution in [0.2, 0.25) is 0 Å². The van der Waals surface area contributed by atoms with E-state index < -0.39 is 6.29 Å². The number of benzene rings is 1. The Balaban J connectivity index is 2.43. The van der Waals surface area contributed by atoms with Crippen LogP contribution in [0.3, 0.4) is 0 Å². The van der Waals surface area contributed by atoms with Crippen molar-refractivity contribution in [1.82, 2.24) is 0 Å². The second kappa shape index (κ2) is 6.71. The molecule has 1 atom stereocenters. The largest absolute Gasteiger partial charge is 0.496 e. The number of aliphatic hydroxyl groups excluding tert-OH is 1. The Morgan fingerprint density at radius 3 is 2.73 bits per heavy atom. The van der Waals surface area contributed by atoms with Crippen LogP contribution in [0.25, 0.3) is 0 Å². The molecule has 15 heavy (non-hydrogen) atoms. The van der Waals surface area contributed by atoms with Crippen LogP contribution in [-0.2, 0) is 4.74 Å². The number of aliphatic hydroxyl groups is 1. The quantitative estimate of drug-likeness (QED) is 0.598. The highest BCUT2D eigenvalue weighted by atomic mass is 32.2. The van der Waals surface area contributed by atoms with Gasteiger partial charge in [-0.15, -0.1) is 11.8 Å². The lowest BCUT2D eigenvalue weighted by atomic mass is 10.3. The Morgan fingerprint density at radius 1 is 1.33 bits per heavy atom. The summed E-state index contributed by atoms with van der Waals surface area (Å²) in [6.45, 7) is 0. The van der Waals surface area contributed by atoms with E-state index in [1.807, 2.05) is 24.3 Å². The Morgan fingerprint density at radius 2 is 2.07 bits per heavy atom. The summed E-state index contributed by atoms with van der Waals surface area (Å²) in [6, 6.07) is 7.84. The SMILES string of the molecule is COc1ccccc1SCC[C@@H](O)OC. The Hall–Kier alpha value is -0.710. The summed E-state index contributed by atoms with van der Waals surface area (Å²) in [5.41, 5.74) is 0. The molecule has 0 unspecified atom stereocenters. The van der Waals surface area contributed by atoms with Crippen LogP contribution in [0, 0.1) is 0 Å². The van der Waals surface area contributed by atoms with E-state index >= 15 is 0 Å². The molecule has 0 saturated carbocycles. The first kappa shape index (κ1) is 12.4. The highest BCUT2D eigenvalue weighted by molar-refractivity contribution is 7.99. The molecule has 0 saturated heterocycles. The average molecular weight is 228 g/mol. The van der Waals surface area contributed by atoms with Crippen molar-refractivity contribution in [2.45, 2.75) is 17.6 Å². The van der Waals surface area contributed by atoms with Gasteiger partial charge in [-0.2, -0.15) is 0 Å². The number of methoxy groups -OCH3 is 2. The van der Waals surface area contributed by atoms with E-state index in [0.717, 1.165) is 16.4 Å². The number of hydrogen-bond acceptors (Lipinski definition) is 4. The fourth-order valence-electron chi connectivity index (χ4n) is 1.13. The van der Waals surface area contributed by atoms with Gasteiger partial charge < -0.3 is 14.6 Å². The molecule has 0 aliphatic carbocycles. The van der Waals surface area contributed by atoms with Crippen LogP contribution in [0.4, 0.5) is 0 Å². The Bertz CT molecular complexity index is 291. The van der Waals surface area contributed by atoms with Gasteiger partial charge in [0.05, 0.1) is 7.11 Å². The van der Waals surface area contributed by atoms with E-state index in [4.69, 9.17) is 9.47 Å². The van der Waals surface area contributed by atoms with Crippen molar-refractivity contribution in [2.75, 3.05) is 20.0 Å². The summed E-state index contributed by atoms with van der Waals surface area (Å²) < 4.78 is 9.97. The minimum Gasteiger partial charge on any atom is -0.496 e. The molecule has 0 fully saturated rings. The predicted molar refractivity (Wildman–Crippen MR) is 61.4 cm³/mol. The van der Waals surface area contributed by atoms with Crippen molar-refractivity contribution in [3.63, 3.8) is 0 Å². The fraction of sp³-hybridized carbons (Fsp3) is 0.455. The summed E-state index contributed by atoms with van der Waals surface area (Å²) in [7, 11) is 3.15. The van der Waals surface area contributed by atoms with E-state index in [9.17, 15) is 5.11 Å². The number of hydrogen-bond donors (Lipinski definition) is 1. The van der Waals surface area contributed by atoms with Gasteiger partial charge in [-0.1, -0.05) is 12.1 Å². The van der Waals surface area contributed by atoms with Gasteiger partial charge in [-0.3, -0.25) is 0 Å². The number of thioether (sulfide) groups is 1. The third-order valence-corrected chi connectivity index (χ3v) is 3.05. The molecule has 0 aliphatic rings. The summed E-state index contributed by atoms with van der Waals surface area (Å²) in [5.74, 6) is 1.67. The van der Waals surface area contributed by atoms with Crippen LogP contribution in [0.1, 0.15) is 6.42 Å². The van der Waals surface area contributed by atoms with Crippen molar-refractivity contribution in [3.8, 4) is 5.75 Å².